The van der Waals surface area contributed by atoms with Crippen LogP contribution in [0.4, 0.5) is 5.69 Å². The number of likely N-dealkylation sites (tertiary alicyclic amines) is 2. The van der Waals surface area contributed by atoms with E-state index in [1.54, 1.807) is 0 Å². The quantitative estimate of drug-likeness (QED) is 0.343. The van der Waals surface area contributed by atoms with Gasteiger partial charge in [0.05, 0.1) is 6.61 Å². The van der Waals surface area contributed by atoms with Gasteiger partial charge < -0.3 is 24.8 Å². The van der Waals surface area contributed by atoms with E-state index < -0.39 is 0 Å². The van der Waals surface area contributed by atoms with Gasteiger partial charge in [-0.15, -0.1) is 0 Å². The molecule has 220 valence electrons. The number of amidine groups is 1. The lowest BCUT2D eigenvalue weighted by molar-refractivity contribution is 0.0373. The number of anilines is 1. The first-order chi connectivity index (χ1) is 19.5. The number of rotatable bonds is 6. The monoisotopic (exact) mass is 547 g/mol. The Bertz CT molecular complexity index is 1210. The maximum atomic E-state index is 6.36. The van der Waals surface area contributed by atoms with Crippen molar-refractivity contribution in [3.05, 3.63) is 53.1 Å². The summed E-state index contributed by atoms with van der Waals surface area (Å²) in [6, 6.07) is 15.1. The van der Waals surface area contributed by atoms with Crippen LogP contribution >= 0.6 is 0 Å². The molecule has 3 saturated heterocycles. The molecule has 2 bridgehead atoms. The molecule has 4 heterocycles. The van der Waals surface area contributed by atoms with Crippen molar-refractivity contribution in [2.75, 3.05) is 51.3 Å². The van der Waals surface area contributed by atoms with E-state index in [4.69, 9.17) is 9.73 Å². The number of benzene rings is 2. The second kappa shape index (κ2) is 13.1. The van der Waals surface area contributed by atoms with E-state index in [1.807, 2.05) is 13.8 Å². The number of hydrogen-bond acceptors (Lipinski definition) is 5. The maximum Gasteiger partial charge on any atom is 0.147 e. The average molecular weight is 548 g/mol. The fourth-order valence-electron chi connectivity index (χ4n) is 7.17. The highest BCUT2D eigenvalue weighted by Gasteiger charge is 2.35. The largest absolute Gasteiger partial charge is 0.367 e. The van der Waals surface area contributed by atoms with Gasteiger partial charge in [-0.2, -0.15) is 0 Å². The molecule has 4 aliphatic rings. The van der Waals surface area contributed by atoms with E-state index >= 15 is 0 Å². The minimum Gasteiger partial charge on any atom is -0.367 e. The Morgan fingerprint density at radius 1 is 1.05 bits per heavy atom. The van der Waals surface area contributed by atoms with Crippen molar-refractivity contribution in [3.63, 3.8) is 0 Å². The molecule has 4 atom stereocenters. The smallest absolute Gasteiger partial charge is 0.147 e. The molecule has 6 nitrogen and oxygen atoms in total. The number of nitrogens with one attached hydrogen (secondary N) is 1. The second-order valence-electron chi connectivity index (χ2n) is 12.1. The van der Waals surface area contributed by atoms with Crippen molar-refractivity contribution in [2.45, 2.75) is 91.1 Å². The standard InChI is InChI=1S/C32H45N5O.C2H6.H2/c1-22-8-5-9-25-10-6-12-30(31(22)25)36-17-15-29(23(2)18-36)32(37-19-26-13-14-27(20-37)34-26)33-24(3)38-21-28-11-7-16-35(28)4;1-2;/h5-6,8-10,12,24,26-28,34H,7,11,13-21H2,1-4H3;1-2H3;1H/b33-32+;;/t24?,26?,27?,28-;;/m0../s1. The van der Waals surface area contributed by atoms with Crippen LogP contribution in [0.3, 0.4) is 0 Å². The SMILES string of the molecule is CC.CC1=C(/C(=N\C(C)OC[C@@H]2CCCN2C)N2CC3CCC(C2)N3)CCN(c2cccc3cccc(C)c23)C1.[HH]. The fraction of sp³-hybridized carbons (Fsp3) is 0.618. The maximum absolute atomic E-state index is 6.36. The van der Waals surface area contributed by atoms with E-state index in [0.29, 0.717) is 18.1 Å². The van der Waals surface area contributed by atoms with Gasteiger partial charge in [-0.3, -0.25) is 0 Å². The van der Waals surface area contributed by atoms with Gasteiger partial charge >= 0.3 is 0 Å². The minimum atomic E-state index is -0.134. The third-order valence-corrected chi connectivity index (χ3v) is 9.30. The zero-order valence-electron chi connectivity index (χ0n) is 25.7. The molecule has 0 radical (unpaired) electrons. The van der Waals surface area contributed by atoms with Gasteiger partial charge in [-0.25, -0.2) is 4.99 Å². The molecule has 40 heavy (non-hydrogen) atoms. The lowest BCUT2D eigenvalue weighted by atomic mass is 9.96. The molecule has 0 saturated carbocycles. The second-order valence-corrected chi connectivity index (χ2v) is 12.1. The highest BCUT2D eigenvalue weighted by Crippen LogP contribution is 2.34. The number of nitrogens with zero attached hydrogens (tertiary/aromatic N) is 4. The van der Waals surface area contributed by atoms with E-state index in [-0.39, 0.29) is 7.65 Å². The Morgan fingerprint density at radius 3 is 2.45 bits per heavy atom. The van der Waals surface area contributed by atoms with Gasteiger partial charge in [0.1, 0.15) is 12.1 Å². The number of aliphatic imine (C=N–C) groups is 1. The topological polar surface area (TPSA) is 43.3 Å². The number of ether oxygens (including phenoxy) is 1. The molecular formula is C34H53N5O. The van der Waals surface area contributed by atoms with Crippen LogP contribution in [0.15, 0.2) is 52.5 Å². The van der Waals surface area contributed by atoms with Gasteiger partial charge in [-0.05, 0) is 94.6 Å². The van der Waals surface area contributed by atoms with E-state index in [0.717, 1.165) is 39.2 Å². The van der Waals surface area contributed by atoms with Crippen LogP contribution in [-0.2, 0) is 4.74 Å². The molecule has 2 aromatic rings. The first kappa shape index (κ1) is 29.1. The molecule has 6 rings (SSSR count). The summed E-state index contributed by atoms with van der Waals surface area (Å²) in [7, 11) is 2.22. The van der Waals surface area contributed by atoms with Crippen LogP contribution in [0.1, 0.15) is 66.8 Å². The molecule has 0 aliphatic carbocycles. The van der Waals surface area contributed by atoms with Gasteiger partial charge in [0, 0.05) is 56.8 Å². The molecule has 0 spiro atoms. The molecule has 0 aromatic heterocycles. The van der Waals surface area contributed by atoms with Crippen LogP contribution in [-0.4, -0.2) is 86.4 Å². The van der Waals surface area contributed by atoms with E-state index in [2.05, 4.69) is 84.2 Å². The van der Waals surface area contributed by atoms with Crippen molar-refractivity contribution >= 4 is 22.3 Å². The van der Waals surface area contributed by atoms with Crippen molar-refractivity contribution in [3.8, 4) is 0 Å². The summed E-state index contributed by atoms with van der Waals surface area (Å²) in [6.07, 6.45) is 5.95. The fourth-order valence-corrected chi connectivity index (χ4v) is 7.17. The minimum absolute atomic E-state index is 0. The van der Waals surface area contributed by atoms with Gasteiger partial charge in [0.15, 0.2) is 0 Å². The predicted octanol–water partition coefficient (Wildman–Crippen LogP) is 6.24. The molecule has 4 aliphatic heterocycles. The van der Waals surface area contributed by atoms with Crippen molar-refractivity contribution in [1.82, 2.24) is 15.1 Å². The summed E-state index contributed by atoms with van der Waals surface area (Å²) < 4.78 is 6.36. The van der Waals surface area contributed by atoms with E-state index in [9.17, 15) is 0 Å². The average Bonchev–Trinajstić information content (AvgIpc) is 3.54. The Morgan fingerprint density at radius 2 is 1.77 bits per heavy atom. The molecule has 2 aromatic carbocycles. The van der Waals surface area contributed by atoms with Crippen LogP contribution in [0.25, 0.3) is 10.8 Å². The van der Waals surface area contributed by atoms with Gasteiger partial charge in [0.25, 0.3) is 0 Å². The Balaban J connectivity index is 0.00000126. The summed E-state index contributed by atoms with van der Waals surface area (Å²) in [4.78, 5) is 12.9. The molecule has 3 fully saturated rings. The predicted molar refractivity (Wildman–Crippen MR) is 172 cm³/mol. The lowest BCUT2D eigenvalue weighted by Crippen LogP contribution is -2.54. The highest BCUT2D eigenvalue weighted by atomic mass is 16.5. The number of hydrogen-bond donors (Lipinski definition) is 1. The summed E-state index contributed by atoms with van der Waals surface area (Å²) in [5, 5.41) is 6.52. The summed E-state index contributed by atoms with van der Waals surface area (Å²) >= 11 is 0. The summed E-state index contributed by atoms with van der Waals surface area (Å²) in [6.45, 7) is 16.7. The molecule has 3 unspecified atom stereocenters. The Kier molecular flexibility index (Phi) is 9.49. The third-order valence-electron chi connectivity index (χ3n) is 9.30. The lowest BCUT2D eigenvalue weighted by Gasteiger charge is -2.39. The molecular weight excluding hydrogens is 494 g/mol. The van der Waals surface area contributed by atoms with Gasteiger partial charge in [-0.1, -0.05) is 44.2 Å². The van der Waals surface area contributed by atoms with E-state index in [1.165, 1.54) is 71.2 Å². The van der Waals surface area contributed by atoms with Crippen LogP contribution in [0.5, 0.6) is 0 Å². The molecule has 0 amide bonds. The molecule has 6 heteroatoms. The number of fused-ring (bicyclic) bond motifs is 3. The van der Waals surface area contributed by atoms with Crippen molar-refractivity contribution < 1.29 is 6.16 Å². The zero-order valence-corrected chi connectivity index (χ0v) is 25.7. The number of piperazine rings is 1. The zero-order chi connectivity index (χ0) is 28.2. The Hall–Kier alpha value is -2.41. The number of likely N-dealkylation sites (N-methyl/N-ethyl adjacent to an activating group) is 1. The van der Waals surface area contributed by atoms with Crippen molar-refractivity contribution in [2.24, 2.45) is 4.99 Å². The third kappa shape index (κ3) is 6.24. The number of aryl methyl sites for hydroxylation is 1. The first-order valence-electron chi connectivity index (χ1n) is 15.8. The summed E-state index contributed by atoms with van der Waals surface area (Å²) in [5.41, 5.74) is 5.58. The highest BCUT2D eigenvalue weighted by molar-refractivity contribution is 6.01. The Labute approximate surface area is 243 Å². The van der Waals surface area contributed by atoms with Crippen LogP contribution < -0.4 is 10.2 Å². The van der Waals surface area contributed by atoms with Crippen LogP contribution in [0, 0.1) is 6.92 Å². The van der Waals surface area contributed by atoms with Crippen molar-refractivity contribution in [1.29, 1.82) is 0 Å². The summed E-state index contributed by atoms with van der Waals surface area (Å²) in [5.74, 6) is 1.20. The van der Waals surface area contributed by atoms with Crippen LogP contribution in [0.2, 0.25) is 0 Å². The van der Waals surface area contributed by atoms with Gasteiger partial charge in [0.2, 0.25) is 0 Å². The normalized spacial score (nSPS) is 26.4. The first-order valence-corrected chi connectivity index (χ1v) is 15.8. The molecule has 1 N–H and O–H groups in total.